The zero-order valence-electron chi connectivity index (χ0n) is 19.4. The average Bonchev–Trinajstić information content (AvgIpc) is 3.30. The van der Waals surface area contributed by atoms with E-state index in [9.17, 15) is 4.79 Å². The number of nitrogens with one attached hydrogen (secondary N) is 1. The minimum Gasteiger partial charge on any atom is -0.352 e. The van der Waals surface area contributed by atoms with E-state index in [1.165, 1.54) is 5.56 Å². The number of urea groups is 1. The lowest BCUT2D eigenvalue weighted by atomic mass is 10.1. The van der Waals surface area contributed by atoms with E-state index in [-0.39, 0.29) is 6.03 Å². The van der Waals surface area contributed by atoms with Crippen molar-refractivity contribution in [2.75, 3.05) is 37.6 Å². The molecular weight excluding hydrogens is 430 g/mol. The predicted molar refractivity (Wildman–Crippen MR) is 130 cm³/mol. The molecule has 0 radical (unpaired) electrons. The molecule has 0 spiro atoms. The van der Waals surface area contributed by atoms with Crippen LogP contribution in [0.5, 0.6) is 0 Å². The fourth-order valence-corrected chi connectivity index (χ4v) is 4.16. The summed E-state index contributed by atoms with van der Waals surface area (Å²) in [4.78, 5) is 30.2. The third-order valence-corrected chi connectivity index (χ3v) is 5.98. The monoisotopic (exact) mass is 457 g/mol. The molecule has 0 bridgehead atoms. The Bertz CT molecular complexity index is 1280. The molecule has 5 rings (SSSR count). The fraction of sp³-hybridized carbons (Fsp3) is 0.320. The van der Waals surface area contributed by atoms with Crippen LogP contribution in [0.3, 0.4) is 0 Å². The molecule has 2 amide bonds. The minimum absolute atomic E-state index is 0.0314. The Labute approximate surface area is 197 Å². The van der Waals surface area contributed by atoms with Crippen molar-refractivity contribution in [1.82, 2.24) is 30.3 Å². The van der Waals surface area contributed by atoms with Crippen LogP contribution in [0.25, 0.3) is 22.4 Å². The van der Waals surface area contributed by atoms with Crippen molar-refractivity contribution in [2.24, 2.45) is 0 Å². The summed E-state index contributed by atoms with van der Waals surface area (Å²) >= 11 is 0. The zero-order chi connectivity index (χ0) is 23.5. The number of piperazine rings is 1. The van der Waals surface area contributed by atoms with Gasteiger partial charge in [0.2, 0.25) is 0 Å². The Morgan fingerprint density at radius 1 is 1.09 bits per heavy atom. The second kappa shape index (κ2) is 9.46. The highest BCUT2D eigenvalue weighted by atomic mass is 16.5. The fourth-order valence-electron chi connectivity index (χ4n) is 4.16. The van der Waals surface area contributed by atoms with Gasteiger partial charge in [0.25, 0.3) is 5.71 Å². The maximum Gasteiger partial charge on any atom is 0.317 e. The number of aryl methyl sites for hydroxylation is 1. The molecule has 9 heteroatoms. The minimum atomic E-state index is -0.0314. The first-order chi connectivity index (χ1) is 16.6. The number of pyridine rings is 1. The summed E-state index contributed by atoms with van der Waals surface area (Å²) in [7, 11) is 0. The predicted octanol–water partition coefficient (Wildman–Crippen LogP) is 3.43. The van der Waals surface area contributed by atoms with E-state index in [4.69, 9.17) is 14.5 Å². The summed E-state index contributed by atoms with van der Waals surface area (Å²) in [6.45, 7) is 7.14. The molecular formula is C25H27N7O2. The van der Waals surface area contributed by atoms with Gasteiger partial charge in [-0.25, -0.2) is 9.78 Å². The summed E-state index contributed by atoms with van der Waals surface area (Å²) in [5, 5.41) is 7.98. The molecule has 34 heavy (non-hydrogen) atoms. The molecule has 1 aliphatic rings. The Morgan fingerprint density at radius 3 is 2.59 bits per heavy atom. The standard InChI is InChI=1S/C25H27N7O2/c1-3-27-25(33)32-13-11-31(12-14-32)23-21-22(19-5-4-10-26-16-19)30-34-24(21)29-20(28-23)15-18-8-6-17(2)7-9-18/h4-10,16H,3,11-15H2,1-2H3,(H,27,33). The van der Waals surface area contributed by atoms with Gasteiger partial charge in [-0.2, -0.15) is 4.98 Å². The number of nitrogens with zero attached hydrogens (tertiary/aromatic N) is 6. The lowest BCUT2D eigenvalue weighted by Crippen LogP contribution is -2.52. The van der Waals surface area contributed by atoms with Gasteiger partial charge in [0.1, 0.15) is 22.7 Å². The van der Waals surface area contributed by atoms with Crippen LogP contribution in [0.15, 0.2) is 53.3 Å². The quantitative estimate of drug-likeness (QED) is 0.490. The number of rotatable bonds is 5. The van der Waals surface area contributed by atoms with Crippen LogP contribution in [0.1, 0.15) is 23.9 Å². The highest BCUT2D eigenvalue weighted by molar-refractivity contribution is 5.98. The van der Waals surface area contributed by atoms with E-state index >= 15 is 0 Å². The molecule has 1 N–H and O–H groups in total. The molecule has 1 aromatic carbocycles. The molecule has 0 unspecified atom stereocenters. The number of hydrogen-bond donors (Lipinski definition) is 1. The Kier molecular flexibility index (Phi) is 6.07. The number of anilines is 1. The van der Waals surface area contributed by atoms with Crippen molar-refractivity contribution in [3.63, 3.8) is 0 Å². The van der Waals surface area contributed by atoms with Crippen LogP contribution in [0.2, 0.25) is 0 Å². The Hall–Kier alpha value is -4.01. The number of carbonyl (C=O) groups excluding carboxylic acids is 1. The van der Waals surface area contributed by atoms with Gasteiger partial charge >= 0.3 is 6.03 Å². The number of carbonyl (C=O) groups is 1. The SMILES string of the molecule is CCNC(=O)N1CCN(c2nc(Cc3ccc(C)cc3)nc3onc(-c4cccnc4)c23)CC1. The highest BCUT2D eigenvalue weighted by Gasteiger charge is 2.27. The number of fused-ring (bicyclic) bond motifs is 1. The van der Waals surface area contributed by atoms with Crippen molar-refractivity contribution in [3.8, 4) is 11.3 Å². The van der Waals surface area contributed by atoms with Gasteiger partial charge in [0.15, 0.2) is 0 Å². The summed E-state index contributed by atoms with van der Waals surface area (Å²) < 4.78 is 5.69. The molecule has 1 aliphatic heterocycles. The molecule has 1 saturated heterocycles. The van der Waals surface area contributed by atoms with Crippen molar-refractivity contribution < 1.29 is 9.32 Å². The smallest absolute Gasteiger partial charge is 0.317 e. The number of amides is 2. The van der Waals surface area contributed by atoms with E-state index in [0.29, 0.717) is 56.4 Å². The second-order valence-electron chi connectivity index (χ2n) is 8.39. The van der Waals surface area contributed by atoms with Crippen LogP contribution >= 0.6 is 0 Å². The zero-order valence-corrected chi connectivity index (χ0v) is 19.4. The van der Waals surface area contributed by atoms with E-state index < -0.39 is 0 Å². The van der Waals surface area contributed by atoms with Crippen LogP contribution in [-0.4, -0.2) is 63.8 Å². The summed E-state index contributed by atoms with van der Waals surface area (Å²) in [5.74, 6) is 1.45. The number of aromatic nitrogens is 4. The molecule has 174 valence electrons. The lowest BCUT2D eigenvalue weighted by molar-refractivity contribution is 0.195. The van der Waals surface area contributed by atoms with Gasteiger partial charge in [-0.1, -0.05) is 35.0 Å². The van der Waals surface area contributed by atoms with Gasteiger partial charge < -0.3 is 19.6 Å². The van der Waals surface area contributed by atoms with Gasteiger partial charge in [0, 0.05) is 57.1 Å². The molecule has 1 fully saturated rings. The van der Waals surface area contributed by atoms with E-state index in [2.05, 4.69) is 51.5 Å². The summed E-state index contributed by atoms with van der Waals surface area (Å²) in [6.07, 6.45) is 4.07. The van der Waals surface area contributed by atoms with Crippen molar-refractivity contribution in [3.05, 3.63) is 65.7 Å². The van der Waals surface area contributed by atoms with Gasteiger partial charge in [-0.3, -0.25) is 4.98 Å². The molecule has 0 atom stereocenters. The van der Waals surface area contributed by atoms with Crippen molar-refractivity contribution >= 4 is 22.9 Å². The van der Waals surface area contributed by atoms with E-state index in [1.54, 1.807) is 12.4 Å². The first-order valence-electron chi connectivity index (χ1n) is 11.5. The second-order valence-corrected chi connectivity index (χ2v) is 8.39. The third kappa shape index (κ3) is 4.41. The third-order valence-electron chi connectivity index (χ3n) is 5.98. The van der Waals surface area contributed by atoms with Crippen LogP contribution in [0.4, 0.5) is 10.6 Å². The summed E-state index contributed by atoms with van der Waals surface area (Å²) in [5.41, 5.74) is 4.31. The molecule has 3 aromatic heterocycles. The average molecular weight is 458 g/mol. The highest BCUT2D eigenvalue weighted by Crippen LogP contribution is 2.34. The van der Waals surface area contributed by atoms with Crippen LogP contribution < -0.4 is 10.2 Å². The van der Waals surface area contributed by atoms with Crippen molar-refractivity contribution in [1.29, 1.82) is 0 Å². The summed E-state index contributed by atoms with van der Waals surface area (Å²) in [6, 6.07) is 12.1. The Morgan fingerprint density at radius 2 is 1.88 bits per heavy atom. The molecule has 4 heterocycles. The number of benzene rings is 1. The lowest BCUT2D eigenvalue weighted by Gasteiger charge is -2.35. The molecule has 0 saturated carbocycles. The Balaban J connectivity index is 1.52. The van der Waals surface area contributed by atoms with Crippen molar-refractivity contribution in [2.45, 2.75) is 20.3 Å². The maximum atomic E-state index is 12.3. The molecule has 9 nitrogen and oxygen atoms in total. The molecule has 4 aromatic rings. The maximum absolute atomic E-state index is 12.3. The largest absolute Gasteiger partial charge is 0.352 e. The van der Waals surface area contributed by atoms with Gasteiger partial charge in [-0.15, -0.1) is 0 Å². The first kappa shape index (κ1) is 21.8. The first-order valence-corrected chi connectivity index (χ1v) is 11.5. The van der Waals surface area contributed by atoms with Crippen LogP contribution in [0, 0.1) is 6.92 Å². The van der Waals surface area contributed by atoms with Gasteiger partial charge in [-0.05, 0) is 31.5 Å². The topological polar surface area (TPSA) is 100 Å². The van der Waals surface area contributed by atoms with Crippen LogP contribution in [-0.2, 0) is 6.42 Å². The normalized spacial score (nSPS) is 13.9. The van der Waals surface area contributed by atoms with Gasteiger partial charge in [0.05, 0.1) is 0 Å². The van der Waals surface area contributed by atoms with E-state index in [0.717, 1.165) is 22.3 Å². The number of hydrogen-bond acceptors (Lipinski definition) is 7. The molecule has 0 aliphatic carbocycles. The van der Waals surface area contributed by atoms with E-state index in [1.807, 2.05) is 24.0 Å².